The largest absolute Gasteiger partial charge is 0.308 e. The maximum Gasteiger partial charge on any atom is 0.270 e. The number of nitrogens with zero attached hydrogens (tertiary/aromatic N) is 3. The van der Waals surface area contributed by atoms with Crippen molar-refractivity contribution in [1.29, 1.82) is 0 Å². The van der Waals surface area contributed by atoms with Crippen molar-refractivity contribution in [2.24, 2.45) is 0 Å². The fraction of sp³-hybridized carbons (Fsp3) is 0.294. The van der Waals surface area contributed by atoms with Crippen molar-refractivity contribution in [1.82, 2.24) is 9.21 Å². The molecule has 0 radical (unpaired) electrons. The average Bonchev–Trinajstić information content (AvgIpc) is 2.58. The van der Waals surface area contributed by atoms with E-state index in [-0.39, 0.29) is 17.1 Å². The first-order chi connectivity index (χ1) is 13.0. The van der Waals surface area contributed by atoms with E-state index in [1.807, 2.05) is 19.0 Å². The molecule has 0 aliphatic carbocycles. The Morgan fingerprint density at radius 2 is 1.64 bits per heavy atom. The molecule has 2 aromatic carbocycles. The van der Waals surface area contributed by atoms with Crippen LogP contribution < -0.4 is 0 Å². The molecule has 7 nitrogen and oxygen atoms in total. The van der Waals surface area contributed by atoms with Gasteiger partial charge >= 0.3 is 0 Å². The third-order valence-corrected chi connectivity index (χ3v) is 7.26. The summed E-state index contributed by atoms with van der Waals surface area (Å²) in [5, 5.41) is 12.0. The lowest BCUT2D eigenvalue weighted by molar-refractivity contribution is -0.385. The second kappa shape index (κ2) is 9.43. The molecule has 0 spiro atoms. The van der Waals surface area contributed by atoms with E-state index >= 15 is 0 Å². The number of rotatable bonds is 8. The molecule has 0 N–H and O–H groups in total. The number of hydrogen-bond donors (Lipinski definition) is 0. The van der Waals surface area contributed by atoms with Crippen LogP contribution in [0.2, 0.25) is 10.0 Å². The Hall–Kier alpha value is -1.36. The molecule has 0 aliphatic heterocycles. The summed E-state index contributed by atoms with van der Waals surface area (Å²) in [5.41, 5.74) is -0.298. The van der Waals surface area contributed by atoms with Crippen LogP contribution in [0, 0.1) is 10.1 Å². The Labute approximate surface area is 178 Å². The molecule has 0 heterocycles. The molecule has 0 atom stereocenters. The Balaban J connectivity index is 2.50. The Kier molecular flexibility index (Phi) is 7.72. The van der Waals surface area contributed by atoms with E-state index in [0.717, 1.165) is 17.8 Å². The summed E-state index contributed by atoms with van der Waals surface area (Å²) in [5.74, 6) is 0. The fourth-order valence-electron chi connectivity index (χ4n) is 2.24. The van der Waals surface area contributed by atoms with E-state index in [1.54, 1.807) is 18.2 Å². The molecule has 0 bridgehead atoms. The molecular weight excluding hydrogens is 445 g/mol. The summed E-state index contributed by atoms with van der Waals surface area (Å²) < 4.78 is 27.3. The molecule has 0 saturated heterocycles. The highest BCUT2D eigenvalue weighted by Crippen LogP contribution is 2.38. The monoisotopic (exact) mass is 463 g/mol. The topological polar surface area (TPSA) is 83.8 Å². The molecule has 0 fully saturated rings. The molecule has 11 heteroatoms. The van der Waals surface area contributed by atoms with E-state index < -0.39 is 14.9 Å². The van der Waals surface area contributed by atoms with Crippen LogP contribution in [0.15, 0.2) is 51.1 Å². The van der Waals surface area contributed by atoms with Crippen LogP contribution in [0.4, 0.5) is 5.69 Å². The zero-order valence-corrected chi connectivity index (χ0v) is 18.6. The van der Waals surface area contributed by atoms with Gasteiger partial charge in [0.2, 0.25) is 10.0 Å². The summed E-state index contributed by atoms with van der Waals surface area (Å²) in [6, 6.07) is 8.63. The minimum Gasteiger partial charge on any atom is -0.308 e. The van der Waals surface area contributed by atoms with Crippen LogP contribution in [0.5, 0.6) is 0 Å². The van der Waals surface area contributed by atoms with Crippen molar-refractivity contribution >= 4 is 50.7 Å². The van der Waals surface area contributed by atoms with Crippen molar-refractivity contribution in [2.45, 2.75) is 14.7 Å². The standard InChI is InChI=1S/C17H19Cl2N3O4S2/c1-20(2)6-7-21(3)28(25,26)17-11-14(22(23)24)4-5-16(17)27-15-9-12(18)8-13(19)10-15/h4-5,8-11H,6-7H2,1-3H3. The fourth-order valence-corrected chi connectivity index (χ4v) is 5.51. The van der Waals surface area contributed by atoms with Crippen molar-refractivity contribution in [2.75, 3.05) is 34.2 Å². The van der Waals surface area contributed by atoms with Crippen LogP contribution in [0.25, 0.3) is 0 Å². The van der Waals surface area contributed by atoms with E-state index in [4.69, 9.17) is 23.2 Å². The minimum absolute atomic E-state index is 0.135. The van der Waals surface area contributed by atoms with Gasteiger partial charge in [-0.2, -0.15) is 4.31 Å². The molecule has 0 unspecified atom stereocenters. The molecular formula is C17H19Cl2N3O4S2. The van der Waals surface area contributed by atoms with Crippen molar-refractivity contribution in [3.63, 3.8) is 0 Å². The molecule has 28 heavy (non-hydrogen) atoms. The highest BCUT2D eigenvalue weighted by molar-refractivity contribution is 8.00. The van der Waals surface area contributed by atoms with Crippen molar-refractivity contribution in [3.8, 4) is 0 Å². The average molecular weight is 464 g/mol. The summed E-state index contributed by atoms with van der Waals surface area (Å²) in [6.45, 7) is 0.752. The van der Waals surface area contributed by atoms with Gasteiger partial charge in [-0.1, -0.05) is 35.0 Å². The summed E-state index contributed by atoms with van der Waals surface area (Å²) in [4.78, 5) is 13.2. The van der Waals surface area contributed by atoms with Gasteiger partial charge in [-0.15, -0.1) is 0 Å². The predicted octanol–water partition coefficient (Wildman–Crippen LogP) is 4.23. The number of sulfonamides is 1. The van der Waals surface area contributed by atoms with Gasteiger partial charge in [0.05, 0.1) is 4.92 Å². The van der Waals surface area contributed by atoms with Crippen molar-refractivity contribution < 1.29 is 13.3 Å². The second-order valence-electron chi connectivity index (χ2n) is 6.23. The summed E-state index contributed by atoms with van der Waals surface area (Å²) in [6.07, 6.45) is 0. The van der Waals surface area contributed by atoms with Crippen LogP contribution >= 0.6 is 35.0 Å². The normalized spacial score (nSPS) is 12.0. The number of non-ortho nitro benzene ring substituents is 1. The van der Waals surface area contributed by atoms with Gasteiger partial charge in [-0.05, 0) is 38.4 Å². The number of hydrogen-bond acceptors (Lipinski definition) is 6. The maximum absolute atomic E-state index is 13.1. The van der Waals surface area contributed by atoms with E-state index in [1.165, 1.54) is 23.5 Å². The highest BCUT2D eigenvalue weighted by atomic mass is 35.5. The van der Waals surface area contributed by atoms with Gasteiger partial charge in [-0.25, -0.2) is 8.42 Å². The third kappa shape index (κ3) is 5.82. The van der Waals surface area contributed by atoms with Crippen LogP contribution in [-0.4, -0.2) is 56.8 Å². The zero-order valence-electron chi connectivity index (χ0n) is 15.4. The van der Waals surface area contributed by atoms with Crippen LogP contribution in [0.1, 0.15) is 0 Å². The molecule has 2 aromatic rings. The van der Waals surface area contributed by atoms with Gasteiger partial charge in [-0.3, -0.25) is 10.1 Å². The van der Waals surface area contributed by atoms with Crippen LogP contribution in [0.3, 0.4) is 0 Å². The summed E-state index contributed by atoms with van der Waals surface area (Å²) in [7, 11) is 1.16. The first-order valence-corrected chi connectivity index (χ1v) is 11.1. The highest BCUT2D eigenvalue weighted by Gasteiger charge is 2.27. The minimum atomic E-state index is -3.95. The Bertz CT molecular complexity index is 964. The smallest absolute Gasteiger partial charge is 0.270 e. The lowest BCUT2D eigenvalue weighted by atomic mass is 10.3. The van der Waals surface area contributed by atoms with Crippen molar-refractivity contribution in [3.05, 3.63) is 56.6 Å². The lowest BCUT2D eigenvalue weighted by Crippen LogP contribution is -2.33. The first-order valence-electron chi connectivity index (χ1n) is 8.04. The van der Waals surface area contributed by atoms with Gasteiger partial charge in [0.15, 0.2) is 0 Å². The molecule has 0 aliphatic rings. The Morgan fingerprint density at radius 1 is 1.04 bits per heavy atom. The third-order valence-electron chi connectivity index (χ3n) is 3.75. The molecule has 152 valence electrons. The molecule has 0 saturated carbocycles. The maximum atomic E-state index is 13.1. The zero-order chi connectivity index (χ0) is 21.1. The van der Waals surface area contributed by atoms with Gasteiger partial charge in [0.25, 0.3) is 5.69 Å². The first kappa shape index (κ1) is 22.9. The van der Waals surface area contributed by atoms with Crippen LogP contribution in [-0.2, 0) is 10.0 Å². The molecule has 2 rings (SSSR count). The number of likely N-dealkylation sites (N-methyl/N-ethyl adjacent to an activating group) is 2. The number of halogens is 2. The number of nitro benzene ring substituents is 1. The second-order valence-corrected chi connectivity index (χ2v) is 10.2. The SMILES string of the molecule is CN(C)CCN(C)S(=O)(=O)c1cc([N+](=O)[O-])ccc1Sc1cc(Cl)cc(Cl)c1. The quantitative estimate of drug-likeness (QED) is 0.429. The van der Waals surface area contributed by atoms with E-state index in [0.29, 0.717) is 26.4 Å². The number of benzene rings is 2. The van der Waals surface area contributed by atoms with Gasteiger partial charge in [0.1, 0.15) is 4.90 Å². The summed E-state index contributed by atoms with van der Waals surface area (Å²) >= 11 is 13.2. The van der Waals surface area contributed by atoms with Gasteiger partial charge < -0.3 is 4.90 Å². The van der Waals surface area contributed by atoms with Gasteiger partial charge in [0, 0.05) is 52.1 Å². The van der Waals surface area contributed by atoms with E-state index in [2.05, 4.69) is 0 Å². The van der Waals surface area contributed by atoms with E-state index in [9.17, 15) is 18.5 Å². The predicted molar refractivity (Wildman–Crippen MR) is 112 cm³/mol. The molecule has 0 aromatic heterocycles. The number of nitro groups is 1. The molecule has 0 amide bonds. The lowest BCUT2D eigenvalue weighted by Gasteiger charge is -2.21. The Morgan fingerprint density at radius 3 is 2.18 bits per heavy atom.